The van der Waals surface area contributed by atoms with Crippen LogP contribution < -0.4 is 0 Å². The van der Waals surface area contributed by atoms with E-state index in [1.807, 2.05) is 56.0 Å². The maximum Gasteiger partial charge on any atom is 0.270 e. The van der Waals surface area contributed by atoms with Crippen LogP contribution in [0, 0.1) is 0 Å². The minimum atomic E-state index is 0.0158. The van der Waals surface area contributed by atoms with Gasteiger partial charge in [0.05, 0.1) is 25.5 Å². The highest BCUT2D eigenvalue weighted by Gasteiger charge is 2.33. The topological polar surface area (TPSA) is 68.4 Å². The Morgan fingerprint density at radius 1 is 1.40 bits per heavy atom. The second kappa shape index (κ2) is 7.37. The number of nitrogens with zero attached hydrogens (tertiary/aromatic N) is 6. The van der Waals surface area contributed by atoms with Crippen LogP contribution in [-0.4, -0.2) is 75.7 Å². The van der Waals surface area contributed by atoms with E-state index in [1.165, 1.54) is 0 Å². The summed E-state index contributed by atoms with van der Waals surface area (Å²) in [5.41, 5.74) is 2.61. The number of ether oxygens (including phenoxy) is 1. The first-order valence-electron chi connectivity index (χ1n) is 8.49. The summed E-state index contributed by atoms with van der Waals surface area (Å²) in [6, 6.07) is 3.73. The van der Waals surface area contributed by atoms with Crippen molar-refractivity contribution in [1.82, 2.24) is 29.4 Å². The summed E-state index contributed by atoms with van der Waals surface area (Å²) in [5.74, 6) is 0.0947. The zero-order valence-electron chi connectivity index (χ0n) is 15.3. The highest BCUT2D eigenvalue weighted by molar-refractivity contribution is 5.92. The summed E-state index contributed by atoms with van der Waals surface area (Å²) >= 11 is 0. The van der Waals surface area contributed by atoms with Gasteiger partial charge in [0.1, 0.15) is 11.4 Å². The van der Waals surface area contributed by atoms with Crippen molar-refractivity contribution < 1.29 is 9.53 Å². The third kappa shape index (κ3) is 3.74. The van der Waals surface area contributed by atoms with Gasteiger partial charge in [-0.1, -0.05) is 5.21 Å². The molecule has 3 heterocycles. The quantitative estimate of drug-likeness (QED) is 0.712. The van der Waals surface area contributed by atoms with Gasteiger partial charge in [-0.15, -0.1) is 5.10 Å². The summed E-state index contributed by atoms with van der Waals surface area (Å²) in [4.78, 5) is 16.8. The fourth-order valence-corrected chi connectivity index (χ4v) is 3.22. The molecule has 0 saturated carbocycles. The number of carbonyl (C=O) groups is 1. The van der Waals surface area contributed by atoms with Gasteiger partial charge < -0.3 is 19.1 Å². The van der Waals surface area contributed by atoms with E-state index in [0.717, 1.165) is 17.9 Å². The lowest BCUT2D eigenvalue weighted by Crippen LogP contribution is -2.41. The summed E-state index contributed by atoms with van der Waals surface area (Å²) < 4.78 is 9.50. The zero-order valence-corrected chi connectivity index (χ0v) is 15.3. The van der Waals surface area contributed by atoms with Gasteiger partial charge in [0, 0.05) is 39.3 Å². The fourth-order valence-electron chi connectivity index (χ4n) is 3.22. The second-order valence-corrected chi connectivity index (χ2v) is 6.81. The molecule has 2 aromatic rings. The van der Waals surface area contributed by atoms with E-state index < -0.39 is 0 Å². The van der Waals surface area contributed by atoms with Crippen molar-refractivity contribution in [3.8, 4) is 0 Å². The molecule has 3 rings (SSSR count). The molecule has 1 aliphatic heterocycles. The van der Waals surface area contributed by atoms with Gasteiger partial charge in [-0.25, -0.2) is 0 Å². The van der Waals surface area contributed by atoms with Gasteiger partial charge in [-0.3, -0.25) is 9.48 Å². The van der Waals surface area contributed by atoms with Crippen LogP contribution in [0.2, 0.25) is 0 Å². The smallest absolute Gasteiger partial charge is 0.270 e. The van der Waals surface area contributed by atoms with Crippen molar-refractivity contribution in [1.29, 1.82) is 0 Å². The van der Waals surface area contributed by atoms with Gasteiger partial charge in [0.25, 0.3) is 5.91 Å². The Morgan fingerprint density at radius 3 is 2.88 bits per heavy atom. The van der Waals surface area contributed by atoms with Crippen molar-refractivity contribution >= 4 is 5.91 Å². The third-order valence-electron chi connectivity index (χ3n) is 4.56. The minimum Gasteiger partial charge on any atom is -0.379 e. The van der Waals surface area contributed by atoms with E-state index >= 15 is 0 Å². The van der Waals surface area contributed by atoms with Crippen LogP contribution in [-0.2, 0) is 25.4 Å². The normalized spacial score (nSPS) is 17.2. The molecule has 0 aliphatic carbocycles. The molecule has 136 valence electrons. The van der Waals surface area contributed by atoms with Gasteiger partial charge in [0.15, 0.2) is 0 Å². The first kappa shape index (κ1) is 17.6. The fraction of sp³-hybridized carbons (Fsp3) is 0.588. The van der Waals surface area contributed by atoms with Gasteiger partial charge in [-0.2, -0.15) is 0 Å². The standard InChI is InChI=1S/C17H26N6O2/c1-20(2)8-9-25-12-13-10-23(11-14-16(13)22(4)19-18-14)17(24)15-6-5-7-21(15)3/h5-7,13H,8-12H2,1-4H3. The number of hydrogen-bond donors (Lipinski definition) is 0. The number of fused-ring (bicyclic) bond motifs is 1. The Balaban J connectivity index is 1.74. The molecule has 0 N–H and O–H groups in total. The van der Waals surface area contributed by atoms with E-state index in [1.54, 1.807) is 4.68 Å². The maximum atomic E-state index is 12.9. The molecule has 1 unspecified atom stereocenters. The van der Waals surface area contributed by atoms with Crippen LogP contribution in [0.25, 0.3) is 0 Å². The average Bonchev–Trinajstić information content (AvgIpc) is 3.16. The monoisotopic (exact) mass is 346 g/mol. The van der Waals surface area contributed by atoms with Crippen molar-refractivity contribution in [2.75, 3.05) is 40.4 Å². The Labute approximate surface area is 148 Å². The molecule has 0 fully saturated rings. The summed E-state index contributed by atoms with van der Waals surface area (Å²) in [5, 5.41) is 8.39. The van der Waals surface area contributed by atoms with Crippen LogP contribution in [0.3, 0.4) is 0 Å². The lowest BCUT2D eigenvalue weighted by molar-refractivity contribution is 0.0605. The molecule has 25 heavy (non-hydrogen) atoms. The van der Waals surface area contributed by atoms with Crippen molar-refractivity contribution in [2.45, 2.75) is 12.5 Å². The number of carbonyl (C=O) groups excluding carboxylic acids is 1. The number of likely N-dealkylation sites (N-methyl/N-ethyl adjacent to an activating group) is 1. The Bertz CT molecular complexity index is 735. The van der Waals surface area contributed by atoms with Gasteiger partial charge >= 0.3 is 0 Å². The minimum absolute atomic E-state index is 0.0158. The summed E-state index contributed by atoms with van der Waals surface area (Å²) in [7, 11) is 7.82. The number of aryl methyl sites for hydroxylation is 2. The van der Waals surface area contributed by atoms with Crippen molar-refractivity contribution in [3.05, 3.63) is 35.4 Å². The van der Waals surface area contributed by atoms with Crippen molar-refractivity contribution in [3.63, 3.8) is 0 Å². The van der Waals surface area contributed by atoms with E-state index in [9.17, 15) is 4.79 Å². The average molecular weight is 346 g/mol. The lowest BCUT2D eigenvalue weighted by atomic mass is 9.98. The molecule has 0 aromatic carbocycles. The Hall–Kier alpha value is -2.19. The largest absolute Gasteiger partial charge is 0.379 e. The van der Waals surface area contributed by atoms with Crippen molar-refractivity contribution in [2.24, 2.45) is 14.1 Å². The Kier molecular flexibility index (Phi) is 5.19. The van der Waals surface area contributed by atoms with E-state index in [4.69, 9.17) is 4.74 Å². The van der Waals surface area contributed by atoms with Crippen LogP contribution >= 0.6 is 0 Å². The predicted molar refractivity (Wildman–Crippen MR) is 93.3 cm³/mol. The SMILES string of the molecule is CN(C)CCOCC1CN(C(=O)c2cccn2C)Cc2nnn(C)c21. The van der Waals surface area contributed by atoms with Gasteiger partial charge in [0.2, 0.25) is 0 Å². The summed E-state index contributed by atoms with van der Waals surface area (Å²) in [6.45, 7) is 3.19. The third-order valence-corrected chi connectivity index (χ3v) is 4.56. The van der Waals surface area contributed by atoms with Crippen LogP contribution in [0.4, 0.5) is 0 Å². The molecule has 1 amide bonds. The van der Waals surface area contributed by atoms with Crippen LogP contribution in [0.1, 0.15) is 27.8 Å². The zero-order chi connectivity index (χ0) is 18.0. The molecular formula is C17H26N6O2. The van der Waals surface area contributed by atoms with Crippen LogP contribution in [0.5, 0.6) is 0 Å². The molecule has 0 saturated heterocycles. The molecule has 0 bridgehead atoms. The van der Waals surface area contributed by atoms with E-state index in [2.05, 4.69) is 15.2 Å². The van der Waals surface area contributed by atoms with E-state index in [0.29, 0.717) is 32.0 Å². The number of amides is 1. The lowest BCUT2D eigenvalue weighted by Gasteiger charge is -2.32. The van der Waals surface area contributed by atoms with Gasteiger partial charge in [-0.05, 0) is 26.2 Å². The molecule has 2 aromatic heterocycles. The first-order chi connectivity index (χ1) is 12.0. The summed E-state index contributed by atoms with van der Waals surface area (Å²) in [6.07, 6.45) is 1.88. The number of hydrogen-bond acceptors (Lipinski definition) is 5. The molecule has 0 spiro atoms. The first-order valence-corrected chi connectivity index (χ1v) is 8.49. The second-order valence-electron chi connectivity index (χ2n) is 6.81. The highest BCUT2D eigenvalue weighted by atomic mass is 16.5. The molecule has 1 atom stereocenters. The van der Waals surface area contributed by atoms with Crippen LogP contribution in [0.15, 0.2) is 18.3 Å². The number of aromatic nitrogens is 4. The molecular weight excluding hydrogens is 320 g/mol. The highest BCUT2D eigenvalue weighted by Crippen LogP contribution is 2.27. The molecule has 8 heteroatoms. The molecule has 0 radical (unpaired) electrons. The Morgan fingerprint density at radius 2 is 2.20 bits per heavy atom. The maximum absolute atomic E-state index is 12.9. The predicted octanol–water partition coefficient (Wildman–Crippen LogP) is 0.471. The number of rotatable bonds is 6. The molecule has 8 nitrogen and oxygen atoms in total. The van der Waals surface area contributed by atoms with E-state index in [-0.39, 0.29) is 11.8 Å². The molecule has 1 aliphatic rings.